The first-order valence-electron chi connectivity index (χ1n) is 10.8. The molecule has 0 atom stereocenters. The first-order valence-corrected chi connectivity index (χ1v) is 10.8. The van der Waals surface area contributed by atoms with Gasteiger partial charge in [-0.2, -0.15) is 5.10 Å². The van der Waals surface area contributed by atoms with Gasteiger partial charge >= 0.3 is 0 Å². The standard InChI is InChI=1S/C23H27F2N5O2/c1-15-8-20(31-2)22(25)19(21(15)24)14-32-18-10-26-23(27-11-18)29-17-9-28-30(13-17)12-16-6-4-3-5-7-16/h8-11,13,16H,3-7,12,14H2,1-2H3,(H,26,27,29). The maximum absolute atomic E-state index is 14.4. The SMILES string of the molecule is COc1cc(C)c(F)c(COc2cnc(Nc3cnn(CC4CCCCC4)c3)nc2)c1F. The van der Waals surface area contributed by atoms with E-state index >= 15 is 0 Å². The number of benzene rings is 1. The molecule has 4 rings (SSSR count). The van der Waals surface area contributed by atoms with Crippen LogP contribution in [0.1, 0.15) is 43.2 Å². The lowest BCUT2D eigenvalue weighted by atomic mass is 9.89. The Morgan fingerprint density at radius 3 is 2.56 bits per heavy atom. The minimum absolute atomic E-state index is 0.0256. The Morgan fingerprint density at radius 1 is 1.09 bits per heavy atom. The zero-order valence-electron chi connectivity index (χ0n) is 18.3. The van der Waals surface area contributed by atoms with Crippen LogP contribution in [-0.2, 0) is 13.2 Å². The third kappa shape index (κ3) is 5.15. The van der Waals surface area contributed by atoms with Crippen molar-refractivity contribution in [3.05, 3.63) is 53.6 Å². The van der Waals surface area contributed by atoms with Gasteiger partial charge in [-0.15, -0.1) is 0 Å². The summed E-state index contributed by atoms with van der Waals surface area (Å²) in [6, 6.07) is 1.31. The van der Waals surface area contributed by atoms with Crippen molar-refractivity contribution in [1.29, 1.82) is 0 Å². The van der Waals surface area contributed by atoms with Crippen molar-refractivity contribution in [3.8, 4) is 11.5 Å². The summed E-state index contributed by atoms with van der Waals surface area (Å²) in [5.41, 5.74) is 0.876. The molecule has 0 radical (unpaired) electrons. The molecule has 1 fully saturated rings. The molecule has 1 aliphatic rings. The van der Waals surface area contributed by atoms with E-state index in [1.54, 1.807) is 13.1 Å². The van der Waals surface area contributed by atoms with Crippen molar-refractivity contribution in [3.63, 3.8) is 0 Å². The Kier molecular flexibility index (Phi) is 6.82. The summed E-state index contributed by atoms with van der Waals surface area (Å²) in [4.78, 5) is 8.42. The molecule has 32 heavy (non-hydrogen) atoms. The molecule has 0 aliphatic heterocycles. The minimum Gasteiger partial charge on any atom is -0.494 e. The van der Waals surface area contributed by atoms with E-state index < -0.39 is 11.6 Å². The lowest BCUT2D eigenvalue weighted by molar-refractivity contribution is 0.285. The summed E-state index contributed by atoms with van der Waals surface area (Å²) in [5, 5.41) is 7.52. The molecule has 3 aromatic rings. The summed E-state index contributed by atoms with van der Waals surface area (Å²) < 4.78 is 41.1. The van der Waals surface area contributed by atoms with Crippen molar-refractivity contribution in [2.45, 2.75) is 52.2 Å². The molecular weight excluding hydrogens is 416 g/mol. The Bertz CT molecular complexity index is 1050. The van der Waals surface area contributed by atoms with E-state index in [0.29, 0.717) is 17.6 Å². The number of hydrogen-bond donors (Lipinski definition) is 1. The van der Waals surface area contributed by atoms with Crippen LogP contribution < -0.4 is 14.8 Å². The van der Waals surface area contributed by atoms with E-state index in [1.807, 2.05) is 10.9 Å². The molecule has 1 aromatic carbocycles. The van der Waals surface area contributed by atoms with Crippen molar-refractivity contribution in [2.75, 3.05) is 12.4 Å². The van der Waals surface area contributed by atoms with Crippen molar-refractivity contribution >= 4 is 11.6 Å². The van der Waals surface area contributed by atoms with Gasteiger partial charge in [0, 0.05) is 12.7 Å². The highest BCUT2D eigenvalue weighted by Crippen LogP contribution is 2.28. The van der Waals surface area contributed by atoms with Gasteiger partial charge < -0.3 is 14.8 Å². The van der Waals surface area contributed by atoms with Gasteiger partial charge in [-0.3, -0.25) is 4.68 Å². The Balaban J connectivity index is 1.35. The monoisotopic (exact) mass is 443 g/mol. The van der Waals surface area contributed by atoms with Crippen LogP contribution in [0.5, 0.6) is 11.5 Å². The highest BCUT2D eigenvalue weighted by molar-refractivity contribution is 5.50. The number of anilines is 2. The van der Waals surface area contributed by atoms with Crippen LogP contribution in [0.2, 0.25) is 0 Å². The molecule has 1 N–H and O–H groups in total. The van der Waals surface area contributed by atoms with Crippen LogP contribution in [0.15, 0.2) is 30.9 Å². The topological polar surface area (TPSA) is 74.1 Å². The molecule has 9 heteroatoms. The molecule has 0 spiro atoms. The summed E-state index contributed by atoms with van der Waals surface area (Å²) in [7, 11) is 1.33. The number of aryl methyl sites for hydroxylation is 1. The molecule has 1 aliphatic carbocycles. The van der Waals surface area contributed by atoms with Crippen LogP contribution >= 0.6 is 0 Å². The number of hydrogen-bond acceptors (Lipinski definition) is 6. The second kappa shape index (κ2) is 9.93. The predicted molar refractivity (Wildman–Crippen MR) is 116 cm³/mol. The fourth-order valence-corrected chi connectivity index (χ4v) is 3.98. The molecule has 0 unspecified atom stereocenters. The maximum atomic E-state index is 14.4. The minimum atomic E-state index is -0.778. The van der Waals surface area contributed by atoms with Gasteiger partial charge in [0.25, 0.3) is 0 Å². The third-order valence-corrected chi connectivity index (χ3v) is 5.73. The van der Waals surface area contributed by atoms with Crippen LogP contribution in [-0.4, -0.2) is 26.9 Å². The lowest BCUT2D eigenvalue weighted by Crippen LogP contribution is -2.14. The van der Waals surface area contributed by atoms with Gasteiger partial charge in [-0.05, 0) is 37.3 Å². The summed E-state index contributed by atoms with van der Waals surface area (Å²) in [6.45, 7) is 2.16. The van der Waals surface area contributed by atoms with E-state index in [-0.39, 0.29) is 23.5 Å². The van der Waals surface area contributed by atoms with Gasteiger partial charge in [0.15, 0.2) is 17.3 Å². The fourth-order valence-electron chi connectivity index (χ4n) is 3.98. The Hall–Kier alpha value is -3.23. The zero-order chi connectivity index (χ0) is 22.5. The number of nitrogens with zero attached hydrogens (tertiary/aromatic N) is 4. The molecule has 170 valence electrons. The lowest BCUT2D eigenvalue weighted by Gasteiger charge is -2.21. The second-order valence-electron chi connectivity index (χ2n) is 8.11. The van der Waals surface area contributed by atoms with Gasteiger partial charge in [0.2, 0.25) is 5.95 Å². The highest BCUT2D eigenvalue weighted by atomic mass is 19.1. The summed E-state index contributed by atoms with van der Waals surface area (Å²) in [5.74, 6) is -0.102. The van der Waals surface area contributed by atoms with E-state index in [0.717, 1.165) is 12.2 Å². The van der Waals surface area contributed by atoms with Crippen molar-refractivity contribution in [1.82, 2.24) is 19.7 Å². The van der Waals surface area contributed by atoms with Gasteiger partial charge in [0.05, 0.1) is 37.0 Å². The summed E-state index contributed by atoms with van der Waals surface area (Å²) in [6.07, 6.45) is 13.0. The Labute approximate surface area is 185 Å². The van der Waals surface area contributed by atoms with E-state index in [1.165, 1.54) is 57.7 Å². The normalized spacial score (nSPS) is 14.4. The number of rotatable bonds is 8. The quantitative estimate of drug-likeness (QED) is 0.518. The molecule has 2 aromatic heterocycles. The first kappa shape index (κ1) is 22.0. The highest BCUT2D eigenvalue weighted by Gasteiger charge is 2.18. The molecule has 0 amide bonds. The Morgan fingerprint density at radius 2 is 1.84 bits per heavy atom. The molecule has 1 saturated carbocycles. The number of nitrogens with one attached hydrogen (secondary N) is 1. The molecule has 0 saturated heterocycles. The molecule has 2 heterocycles. The van der Waals surface area contributed by atoms with Crippen LogP contribution in [0.25, 0.3) is 0 Å². The summed E-state index contributed by atoms with van der Waals surface area (Å²) >= 11 is 0. The maximum Gasteiger partial charge on any atom is 0.227 e. The van der Waals surface area contributed by atoms with E-state index in [2.05, 4.69) is 20.4 Å². The van der Waals surface area contributed by atoms with E-state index in [4.69, 9.17) is 9.47 Å². The smallest absolute Gasteiger partial charge is 0.227 e. The van der Waals surface area contributed by atoms with Crippen molar-refractivity contribution in [2.24, 2.45) is 5.92 Å². The van der Waals surface area contributed by atoms with Gasteiger partial charge in [-0.25, -0.2) is 18.7 Å². The van der Waals surface area contributed by atoms with Gasteiger partial charge in [-0.1, -0.05) is 19.3 Å². The number of ether oxygens (including phenoxy) is 2. The molecule has 7 nitrogen and oxygen atoms in total. The predicted octanol–water partition coefficient (Wildman–Crippen LogP) is 5.17. The second-order valence-corrected chi connectivity index (χ2v) is 8.11. The number of halogens is 2. The zero-order valence-corrected chi connectivity index (χ0v) is 18.3. The van der Waals surface area contributed by atoms with Crippen molar-refractivity contribution < 1.29 is 18.3 Å². The van der Waals surface area contributed by atoms with E-state index in [9.17, 15) is 8.78 Å². The third-order valence-electron chi connectivity index (χ3n) is 5.73. The van der Waals surface area contributed by atoms with Crippen LogP contribution in [0, 0.1) is 24.5 Å². The molecule has 0 bridgehead atoms. The fraction of sp³-hybridized carbons (Fsp3) is 0.435. The average molecular weight is 443 g/mol. The number of methoxy groups -OCH3 is 1. The average Bonchev–Trinajstić information content (AvgIpc) is 3.24. The number of aromatic nitrogens is 4. The largest absolute Gasteiger partial charge is 0.494 e. The van der Waals surface area contributed by atoms with Crippen LogP contribution in [0.3, 0.4) is 0 Å². The first-order chi connectivity index (χ1) is 15.5. The van der Waals surface area contributed by atoms with Gasteiger partial charge in [0.1, 0.15) is 12.4 Å². The van der Waals surface area contributed by atoms with Crippen LogP contribution in [0.4, 0.5) is 20.4 Å². The molecular formula is C23H27F2N5O2.